The van der Waals surface area contributed by atoms with E-state index in [0.29, 0.717) is 24.7 Å². The van der Waals surface area contributed by atoms with Gasteiger partial charge in [0.05, 0.1) is 36.5 Å². The van der Waals surface area contributed by atoms with Crippen molar-refractivity contribution in [1.29, 1.82) is 0 Å². The van der Waals surface area contributed by atoms with E-state index in [1.807, 2.05) is 62.0 Å². The van der Waals surface area contributed by atoms with E-state index in [-0.39, 0.29) is 11.9 Å². The maximum Gasteiger partial charge on any atom is 0.227 e. The number of nitrogens with zero attached hydrogens (tertiary/aromatic N) is 5. The lowest BCUT2D eigenvalue weighted by Crippen LogP contribution is -2.33. The second-order valence-corrected chi connectivity index (χ2v) is 8.42. The first kappa shape index (κ1) is 21.8. The molecule has 168 valence electrons. The number of methoxy groups -OCH3 is 1. The summed E-state index contributed by atoms with van der Waals surface area (Å²) in [4.78, 5) is 26.4. The van der Waals surface area contributed by atoms with E-state index < -0.39 is 0 Å². The van der Waals surface area contributed by atoms with E-state index in [1.54, 1.807) is 13.3 Å². The van der Waals surface area contributed by atoms with Crippen LogP contribution >= 0.6 is 0 Å². The summed E-state index contributed by atoms with van der Waals surface area (Å²) in [6.07, 6.45) is 3.88. The van der Waals surface area contributed by atoms with Gasteiger partial charge in [0.15, 0.2) is 5.76 Å². The predicted molar refractivity (Wildman–Crippen MR) is 122 cm³/mol. The van der Waals surface area contributed by atoms with Gasteiger partial charge < -0.3 is 19.1 Å². The third kappa shape index (κ3) is 4.30. The molecule has 4 rings (SSSR count). The Bertz CT molecular complexity index is 1120. The molecule has 1 aliphatic heterocycles. The molecule has 1 unspecified atom stereocenters. The average Bonchev–Trinajstić information content (AvgIpc) is 3.42. The molecule has 32 heavy (non-hydrogen) atoms. The number of rotatable bonds is 6. The van der Waals surface area contributed by atoms with Crippen molar-refractivity contribution in [2.24, 2.45) is 0 Å². The number of aryl methyl sites for hydroxylation is 2. The Morgan fingerprint density at radius 1 is 1.28 bits per heavy atom. The van der Waals surface area contributed by atoms with E-state index in [9.17, 15) is 4.79 Å². The SMILES string of the molecule is COc1ccc(CC(=O)N2CCCC2c2nc(N(C)C)ncc2-c2cc(C)no2)cc1C. The Labute approximate surface area is 188 Å². The van der Waals surface area contributed by atoms with Gasteiger partial charge in [0.25, 0.3) is 0 Å². The first-order valence-corrected chi connectivity index (χ1v) is 10.8. The maximum absolute atomic E-state index is 13.3. The van der Waals surface area contributed by atoms with Crippen LogP contribution in [0.1, 0.15) is 41.4 Å². The minimum atomic E-state index is -0.135. The minimum absolute atomic E-state index is 0.0850. The smallest absolute Gasteiger partial charge is 0.227 e. The van der Waals surface area contributed by atoms with E-state index in [0.717, 1.165) is 46.7 Å². The maximum atomic E-state index is 13.3. The van der Waals surface area contributed by atoms with Gasteiger partial charge in [-0.05, 0) is 43.9 Å². The first-order chi connectivity index (χ1) is 15.4. The molecule has 1 amide bonds. The highest BCUT2D eigenvalue weighted by Gasteiger charge is 2.34. The van der Waals surface area contributed by atoms with Crippen LogP contribution in [0.15, 0.2) is 35.0 Å². The van der Waals surface area contributed by atoms with Gasteiger partial charge in [-0.15, -0.1) is 0 Å². The van der Waals surface area contributed by atoms with E-state index >= 15 is 0 Å². The summed E-state index contributed by atoms with van der Waals surface area (Å²) in [5, 5.41) is 4.02. The monoisotopic (exact) mass is 435 g/mol. The number of aromatic nitrogens is 3. The van der Waals surface area contributed by atoms with Gasteiger partial charge in [-0.25, -0.2) is 9.97 Å². The molecule has 1 saturated heterocycles. The second kappa shape index (κ2) is 8.98. The number of likely N-dealkylation sites (tertiary alicyclic amines) is 1. The fourth-order valence-corrected chi connectivity index (χ4v) is 4.21. The van der Waals surface area contributed by atoms with Gasteiger partial charge in [-0.1, -0.05) is 17.3 Å². The summed E-state index contributed by atoms with van der Waals surface area (Å²) >= 11 is 0. The summed E-state index contributed by atoms with van der Waals surface area (Å²) in [6, 6.07) is 7.62. The highest BCUT2D eigenvalue weighted by molar-refractivity contribution is 5.80. The quantitative estimate of drug-likeness (QED) is 0.583. The van der Waals surface area contributed by atoms with Crippen molar-refractivity contribution in [3.8, 4) is 17.1 Å². The number of hydrogen-bond acceptors (Lipinski definition) is 7. The van der Waals surface area contributed by atoms with Crippen molar-refractivity contribution in [2.75, 3.05) is 32.6 Å². The van der Waals surface area contributed by atoms with Gasteiger partial charge in [-0.3, -0.25) is 4.79 Å². The number of carbonyl (C=O) groups is 1. The number of benzene rings is 1. The number of amides is 1. The molecule has 3 heterocycles. The lowest BCUT2D eigenvalue weighted by molar-refractivity contribution is -0.131. The zero-order valence-electron chi connectivity index (χ0n) is 19.3. The first-order valence-electron chi connectivity index (χ1n) is 10.8. The molecule has 8 heteroatoms. The molecule has 1 aromatic carbocycles. The Morgan fingerprint density at radius 2 is 2.09 bits per heavy atom. The van der Waals surface area contributed by atoms with E-state index in [2.05, 4.69) is 10.1 Å². The van der Waals surface area contributed by atoms with Crippen LogP contribution in [0.3, 0.4) is 0 Å². The highest BCUT2D eigenvalue weighted by Crippen LogP contribution is 2.37. The zero-order chi connectivity index (χ0) is 22.8. The number of carbonyl (C=O) groups excluding carboxylic acids is 1. The van der Waals surface area contributed by atoms with Gasteiger partial charge >= 0.3 is 0 Å². The van der Waals surface area contributed by atoms with Crippen molar-refractivity contribution in [2.45, 2.75) is 39.2 Å². The predicted octanol–water partition coefficient (Wildman–Crippen LogP) is 3.73. The van der Waals surface area contributed by atoms with Gasteiger partial charge in [-0.2, -0.15) is 0 Å². The molecule has 2 aromatic heterocycles. The molecular formula is C24H29N5O3. The number of hydrogen-bond donors (Lipinski definition) is 0. The van der Waals surface area contributed by atoms with Crippen LogP contribution in [0.4, 0.5) is 5.95 Å². The van der Waals surface area contributed by atoms with E-state index in [1.165, 1.54) is 0 Å². The van der Waals surface area contributed by atoms with Crippen molar-refractivity contribution in [3.63, 3.8) is 0 Å². The fraction of sp³-hybridized carbons (Fsp3) is 0.417. The van der Waals surface area contributed by atoms with Crippen molar-refractivity contribution >= 4 is 11.9 Å². The molecule has 0 bridgehead atoms. The second-order valence-electron chi connectivity index (χ2n) is 8.42. The number of ether oxygens (including phenoxy) is 1. The third-order valence-electron chi connectivity index (χ3n) is 5.80. The lowest BCUT2D eigenvalue weighted by Gasteiger charge is -2.26. The highest BCUT2D eigenvalue weighted by atomic mass is 16.5. The largest absolute Gasteiger partial charge is 0.496 e. The Morgan fingerprint density at radius 3 is 2.75 bits per heavy atom. The van der Waals surface area contributed by atoms with Crippen LogP contribution in [0.25, 0.3) is 11.3 Å². The molecule has 0 aliphatic carbocycles. The summed E-state index contributed by atoms with van der Waals surface area (Å²) in [5.41, 5.74) is 4.36. The van der Waals surface area contributed by atoms with Gasteiger partial charge in [0, 0.05) is 32.9 Å². The van der Waals surface area contributed by atoms with Gasteiger partial charge in [0.1, 0.15) is 5.75 Å². The van der Waals surface area contributed by atoms with Crippen LogP contribution in [-0.4, -0.2) is 53.7 Å². The molecule has 0 radical (unpaired) electrons. The third-order valence-corrected chi connectivity index (χ3v) is 5.80. The van der Waals surface area contributed by atoms with Gasteiger partial charge in [0.2, 0.25) is 11.9 Å². The Kier molecular flexibility index (Phi) is 6.12. The summed E-state index contributed by atoms with van der Waals surface area (Å²) < 4.78 is 10.9. The molecule has 1 fully saturated rings. The van der Waals surface area contributed by atoms with Crippen LogP contribution < -0.4 is 9.64 Å². The van der Waals surface area contributed by atoms with Crippen LogP contribution in [-0.2, 0) is 11.2 Å². The van der Waals surface area contributed by atoms with Crippen LogP contribution in [0.2, 0.25) is 0 Å². The summed E-state index contributed by atoms with van der Waals surface area (Å²) in [7, 11) is 5.46. The molecule has 1 atom stereocenters. The topological polar surface area (TPSA) is 84.6 Å². The molecule has 1 aliphatic rings. The Balaban J connectivity index is 1.65. The van der Waals surface area contributed by atoms with Crippen molar-refractivity contribution < 1.29 is 14.1 Å². The molecule has 0 N–H and O–H groups in total. The standard InChI is InChI=1S/C24H29N5O3/c1-15-11-17(8-9-20(15)31-5)13-22(30)29-10-6-7-19(29)23-18(21-12-16(2)27-32-21)14-25-24(26-23)28(3)4/h8-9,11-12,14,19H,6-7,10,13H2,1-5H3. The molecule has 3 aromatic rings. The van der Waals surface area contributed by atoms with Crippen LogP contribution in [0.5, 0.6) is 5.75 Å². The Hall–Kier alpha value is -3.42. The molecule has 8 nitrogen and oxygen atoms in total. The normalized spacial score (nSPS) is 15.8. The number of anilines is 1. The minimum Gasteiger partial charge on any atom is -0.496 e. The fourth-order valence-electron chi connectivity index (χ4n) is 4.21. The van der Waals surface area contributed by atoms with Crippen molar-refractivity contribution in [1.82, 2.24) is 20.0 Å². The average molecular weight is 436 g/mol. The summed E-state index contributed by atoms with van der Waals surface area (Å²) in [6.45, 7) is 4.57. The molecule has 0 spiro atoms. The summed E-state index contributed by atoms with van der Waals surface area (Å²) in [5.74, 6) is 2.13. The zero-order valence-corrected chi connectivity index (χ0v) is 19.3. The lowest BCUT2D eigenvalue weighted by atomic mass is 10.0. The van der Waals surface area contributed by atoms with Crippen molar-refractivity contribution in [3.05, 3.63) is 53.0 Å². The molecule has 0 saturated carbocycles. The van der Waals surface area contributed by atoms with Crippen LogP contribution in [0, 0.1) is 13.8 Å². The molecular weight excluding hydrogens is 406 g/mol. The van der Waals surface area contributed by atoms with E-state index in [4.69, 9.17) is 14.2 Å².